The second-order valence-corrected chi connectivity index (χ2v) is 9.97. The van der Waals surface area contributed by atoms with Crippen molar-refractivity contribution in [3.63, 3.8) is 0 Å². The zero-order valence-corrected chi connectivity index (χ0v) is 19.0. The van der Waals surface area contributed by atoms with E-state index in [1.165, 1.54) is 38.5 Å². The topological polar surface area (TPSA) is 40.6 Å². The molecule has 0 radical (unpaired) electrons. The highest BCUT2D eigenvalue weighted by atomic mass is 16.1. The van der Waals surface area contributed by atoms with Crippen LogP contribution in [0.4, 0.5) is 0 Å². The lowest BCUT2D eigenvalue weighted by Crippen LogP contribution is -2.52. The third-order valence-corrected chi connectivity index (χ3v) is 7.22. The Morgan fingerprint density at radius 3 is 1.21 bits per heavy atom. The van der Waals surface area contributed by atoms with Gasteiger partial charge >= 0.3 is 0 Å². The largest absolute Gasteiger partial charge is 0.298 e. The Morgan fingerprint density at radius 1 is 0.571 bits per heavy atom. The smallest absolute Gasteiger partial charge is 0.152 e. The lowest BCUT2D eigenvalue weighted by molar-refractivity contribution is -0.131. The van der Waals surface area contributed by atoms with Crippen LogP contribution in [0, 0.1) is 0 Å². The van der Waals surface area contributed by atoms with Crippen LogP contribution < -0.4 is 0 Å². The summed E-state index contributed by atoms with van der Waals surface area (Å²) in [7, 11) is 0. The second-order valence-electron chi connectivity index (χ2n) is 9.97. The van der Waals surface area contributed by atoms with E-state index in [1.54, 1.807) is 0 Å². The summed E-state index contributed by atoms with van der Waals surface area (Å²) in [5.41, 5.74) is -0.621. The van der Waals surface area contributed by atoms with Gasteiger partial charge in [-0.3, -0.25) is 19.4 Å². The Hall–Kier alpha value is -0.740. The number of hydrogen-bond acceptors (Lipinski definition) is 4. The standard InChI is InChI=1S/C24H44N2O2/c1-23(2,25-17-11-7-12-18-25)21(27)15-9-5-6-10-16-22(28)24(3,4)26-19-13-8-14-20-26/h5-20H2,1-4H3. The van der Waals surface area contributed by atoms with Crippen molar-refractivity contribution < 1.29 is 9.59 Å². The molecular formula is C24H44N2O2. The average molecular weight is 393 g/mol. The number of ketones is 2. The number of Topliss-reactive ketones (excluding diaryl/α,β-unsaturated/α-hetero) is 2. The Labute approximate surface area is 173 Å². The molecule has 0 N–H and O–H groups in total. The molecule has 0 aromatic rings. The van der Waals surface area contributed by atoms with E-state index >= 15 is 0 Å². The van der Waals surface area contributed by atoms with Crippen LogP contribution in [-0.2, 0) is 9.59 Å². The molecule has 0 spiro atoms. The number of carbonyl (C=O) groups is 2. The molecule has 2 rings (SSSR count). The van der Waals surface area contributed by atoms with E-state index in [0.717, 1.165) is 51.9 Å². The highest BCUT2D eigenvalue weighted by molar-refractivity contribution is 5.88. The van der Waals surface area contributed by atoms with Crippen LogP contribution in [0.25, 0.3) is 0 Å². The van der Waals surface area contributed by atoms with Crippen molar-refractivity contribution in [3.8, 4) is 0 Å². The van der Waals surface area contributed by atoms with Crippen molar-refractivity contribution in [1.82, 2.24) is 9.80 Å². The minimum Gasteiger partial charge on any atom is -0.298 e. The van der Waals surface area contributed by atoms with Crippen molar-refractivity contribution in [3.05, 3.63) is 0 Å². The van der Waals surface area contributed by atoms with Gasteiger partial charge in [0.15, 0.2) is 11.6 Å². The first-order valence-corrected chi connectivity index (χ1v) is 11.8. The highest BCUT2D eigenvalue weighted by Gasteiger charge is 2.35. The Balaban J connectivity index is 1.61. The van der Waals surface area contributed by atoms with E-state index in [0.29, 0.717) is 24.4 Å². The molecule has 28 heavy (non-hydrogen) atoms. The van der Waals surface area contributed by atoms with Crippen LogP contribution in [0.5, 0.6) is 0 Å². The molecule has 0 aliphatic carbocycles. The maximum absolute atomic E-state index is 12.7. The summed E-state index contributed by atoms with van der Waals surface area (Å²) in [6, 6.07) is 0. The molecule has 0 unspecified atom stereocenters. The van der Waals surface area contributed by atoms with Crippen LogP contribution in [0.3, 0.4) is 0 Å². The number of carbonyl (C=O) groups excluding carboxylic acids is 2. The van der Waals surface area contributed by atoms with E-state index in [1.807, 2.05) is 0 Å². The van der Waals surface area contributed by atoms with Gasteiger partial charge in [0.2, 0.25) is 0 Å². The molecule has 2 heterocycles. The summed E-state index contributed by atoms with van der Waals surface area (Å²) in [6.45, 7) is 12.6. The first-order valence-electron chi connectivity index (χ1n) is 11.8. The fourth-order valence-electron chi connectivity index (χ4n) is 4.80. The van der Waals surface area contributed by atoms with Crippen molar-refractivity contribution in [2.45, 2.75) is 116 Å². The maximum atomic E-state index is 12.7. The first kappa shape index (κ1) is 23.5. The van der Waals surface area contributed by atoms with Crippen molar-refractivity contribution in [2.75, 3.05) is 26.2 Å². The van der Waals surface area contributed by atoms with Gasteiger partial charge in [0, 0.05) is 12.8 Å². The van der Waals surface area contributed by atoms with Crippen LogP contribution >= 0.6 is 0 Å². The number of rotatable bonds is 11. The van der Waals surface area contributed by atoms with Gasteiger partial charge < -0.3 is 0 Å². The van der Waals surface area contributed by atoms with Crippen LogP contribution in [-0.4, -0.2) is 58.6 Å². The molecule has 4 heteroatoms. The molecule has 0 atom stereocenters. The molecule has 2 fully saturated rings. The van der Waals surface area contributed by atoms with E-state index in [2.05, 4.69) is 37.5 Å². The third-order valence-electron chi connectivity index (χ3n) is 7.22. The Bertz CT molecular complexity index is 455. The molecule has 0 bridgehead atoms. The van der Waals surface area contributed by atoms with Gasteiger partial charge in [0.1, 0.15) is 0 Å². The molecule has 2 aliphatic rings. The van der Waals surface area contributed by atoms with Crippen LogP contribution in [0.15, 0.2) is 0 Å². The van der Waals surface area contributed by atoms with Gasteiger partial charge in [-0.1, -0.05) is 25.7 Å². The molecule has 0 saturated carbocycles. The molecular weight excluding hydrogens is 348 g/mol. The molecule has 4 nitrogen and oxygen atoms in total. The predicted octanol–water partition coefficient (Wildman–Crippen LogP) is 4.99. The summed E-state index contributed by atoms with van der Waals surface area (Å²) < 4.78 is 0. The molecule has 0 aromatic heterocycles. The number of hydrogen-bond donors (Lipinski definition) is 0. The number of unbranched alkanes of at least 4 members (excludes halogenated alkanes) is 3. The highest BCUT2D eigenvalue weighted by Crippen LogP contribution is 2.25. The van der Waals surface area contributed by atoms with Gasteiger partial charge in [-0.25, -0.2) is 0 Å². The second kappa shape index (κ2) is 10.9. The minimum absolute atomic E-state index is 0.311. The first-order chi connectivity index (χ1) is 13.3. The number of likely N-dealkylation sites (tertiary alicyclic amines) is 2. The zero-order valence-electron chi connectivity index (χ0n) is 19.0. The maximum Gasteiger partial charge on any atom is 0.152 e. The predicted molar refractivity (Wildman–Crippen MR) is 117 cm³/mol. The fraction of sp³-hybridized carbons (Fsp3) is 0.917. The van der Waals surface area contributed by atoms with Gasteiger partial charge in [-0.05, 0) is 92.4 Å². The lowest BCUT2D eigenvalue weighted by atomic mass is 9.89. The zero-order chi connectivity index (χ0) is 20.6. The quantitative estimate of drug-likeness (QED) is 0.464. The van der Waals surface area contributed by atoms with Crippen LogP contribution in [0.2, 0.25) is 0 Å². The summed E-state index contributed by atoms with van der Waals surface area (Å²) in [5.74, 6) is 0.772. The molecule has 0 amide bonds. The molecule has 2 saturated heterocycles. The third kappa shape index (κ3) is 6.38. The number of piperidine rings is 2. The normalized spacial score (nSPS) is 20.3. The SMILES string of the molecule is CC(C)(C(=O)CCCCCCC(=O)C(C)(C)N1CCCCC1)N1CCCCC1. The van der Waals surface area contributed by atoms with Crippen molar-refractivity contribution in [2.24, 2.45) is 0 Å². The summed E-state index contributed by atoms with van der Waals surface area (Å²) in [5, 5.41) is 0. The summed E-state index contributed by atoms with van der Waals surface area (Å²) in [4.78, 5) is 30.2. The number of nitrogens with zero attached hydrogens (tertiary/aromatic N) is 2. The summed E-state index contributed by atoms with van der Waals surface area (Å²) in [6.07, 6.45) is 12.9. The Kier molecular flexibility index (Phi) is 9.14. The average Bonchev–Trinajstić information content (AvgIpc) is 2.71. The van der Waals surface area contributed by atoms with E-state index in [-0.39, 0.29) is 11.1 Å². The molecule has 0 aromatic carbocycles. The summed E-state index contributed by atoms with van der Waals surface area (Å²) >= 11 is 0. The molecule has 162 valence electrons. The van der Waals surface area contributed by atoms with E-state index in [9.17, 15) is 9.59 Å². The fourth-order valence-corrected chi connectivity index (χ4v) is 4.80. The molecule has 2 aliphatic heterocycles. The van der Waals surface area contributed by atoms with Crippen LogP contribution in [0.1, 0.15) is 105 Å². The van der Waals surface area contributed by atoms with Crippen molar-refractivity contribution in [1.29, 1.82) is 0 Å². The van der Waals surface area contributed by atoms with Gasteiger partial charge in [-0.2, -0.15) is 0 Å². The van der Waals surface area contributed by atoms with Gasteiger partial charge in [0.05, 0.1) is 11.1 Å². The van der Waals surface area contributed by atoms with Crippen molar-refractivity contribution >= 4 is 11.6 Å². The van der Waals surface area contributed by atoms with E-state index < -0.39 is 0 Å². The lowest BCUT2D eigenvalue weighted by Gasteiger charge is -2.40. The van der Waals surface area contributed by atoms with E-state index in [4.69, 9.17) is 0 Å². The monoisotopic (exact) mass is 392 g/mol. The van der Waals surface area contributed by atoms with Gasteiger partial charge in [-0.15, -0.1) is 0 Å². The Morgan fingerprint density at radius 2 is 0.893 bits per heavy atom. The minimum atomic E-state index is -0.311. The van der Waals surface area contributed by atoms with Gasteiger partial charge in [0.25, 0.3) is 0 Å².